The lowest BCUT2D eigenvalue weighted by atomic mass is 10.1. The van der Waals surface area contributed by atoms with Crippen molar-refractivity contribution in [3.63, 3.8) is 0 Å². The summed E-state index contributed by atoms with van der Waals surface area (Å²) in [6.07, 6.45) is 3.31. The lowest BCUT2D eigenvalue weighted by molar-refractivity contribution is 0.186. The number of carbonyl (C=O) groups excluding carboxylic acids is 1. The number of amides is 2. The summed E-state index contributed by atoms with van der Waals surface area (Å²) in [5, 5.41) is 9.38. The molecule has 0 spiro atoms. The van der Waals surface area contributed by atoms with Crippen LogP contribution in [0.3, 0.4) is 0 Å². The van der Waals surface area contributed by atoms with Gasteiger partial charge in [0.25, 0.3) is 0 Å². The van der Waals surface area contributed by atoms with Crippen molar-refractivity contribution < 1.29 is 4.79 Å². The van der Waals surface area contributed by atoms with Gasteiger partial charge in [-0.1, -0.05) is 12.1 Å². The predicted octanol–water partition coefficient (Wildman–Crippen LogP) is 1.89. The van der Waals surface area contributed by atoms with Crippen molar-refractivity contribution >= 4 is 23.4 Å². The highest BCUT2D eigenvalue weighted by atomic mass is 16.2. The number of hydrogen-bond donors (Lipinski definition) is 4. The van der Waals surface area contributed by atoms with Gasteiger partial charge in [-0.05, 0) is 30.5 Å². The molecule has 0 bridgehead atoms. The Bertz CT molecular complexity index is 744. The summed E-state index contributed by atoms with van der Waals surface area (Å²) in [6.45, 7) is 1.97. The molecule has 1 saturated heterocycles. The average Bonchev–Trinajstić information content (AvgIpc) is 2.68. The summed E-state index contributed by atoms with van der Waals surface area (Å²) < 4.78 is 0. The minimum absolute atomic E-state index is 0.0170. The molecule has 1 aromatic carbocycles. The third-order valence-electron chi connectivity index (χ3n) is 4.45. The molecule has 0 saturated carbocycles. The quantitative estimate of drug-likeness (QED) is 0.652. The molecular formula is C18H25N7O. The Morgan fingerprint density at radius 2 is 2.00 bits per heavy atom. The third-order valence-corrected chi connectivity index (χ3v) is 4.45. The van der Waals surface area contributed by atoms with E-state index in [0.717, 1.165) is 48.8 Å². The first-order chi connectivity index (χ1) is 12.7. The third kappa shape index (κ3) is 4.60. The Morgan fingerprint density at radius 3 is 2.73 bits per heavy atom. The molecule has 2 amide bonds. The van der Waals surface area contributed by atoms with Gasteiger partial charge in [-0.2, -0.15) is 0 Å². The number of nitrogens with one attached hydrogen (secondary N) is 3. The summed E-state index contributed by atoms with van der Waals surface area (Å²) in [4.78, 5) is 22.1. The first kappa shape index (κ1) is 17.9. The van der Waals surface area contributed by atoms with Crippen LogP contribution >= 0.6 is 0 Å². The van der Waals surface area contributed by atoms with Crippen LogP contribution in [0, 0.1) is 0 Å². The maximum Gasteiger partial charge on any atom is 0.317 e. The van der Waals surface area contributed by atoms with E-state index < -0.39 is 0 Å². The molecule has 1 aliphatic heterocycles. The lowest BCUT2D eigenvalue weighted by Crippen LogP contribution is -2.45. The van der Waals surface area contributed by atoms with Crippen LogP contribution in [-0.2, 0) is 6.54 Å². The normalized spacial score (nSPS) is 14.8. The summed E-state index contributed by atoms with van der Waals surface area (Å²) >= 11 is 0. The molecule has 1 fully saturated rings. The number of nitrogens with two attached hydrogens (primary N) is 1. The van der Waals surface area contributed by atoms with E-state index in [0.29, 0.717) is 12.6 Å². The van der Waals surface area contributed by atoms with E-state index in [9.17, 15) is 4.79 Å². The molecule has 2 heterocycles. The molecule has 3 rings (SSSR count). The molecule has 0 atom stereocenters. The summed E-state index contributed by atoms with van der Waals surface area (Å²) in [5.41, 5.74) is 7.69. The lowest BCUT2D eigenvalue weighted by Gasteiger charge is -2.32. The maximum atomic E-state index is 11.7. The Morgan fingerprint density at radius 1 is 1.23 bits per heavy atom. The maximum absolute atomic E-state index is 11.7. The Balaban J connectivity index is 1.58. The molecule has 138 valence electrons. The monoisotopic (exact) mass is 355 g/mol. The van der Waals surface area contributed by atoms with Crippen LogP contribution < -0.4 is 21.7 Å². The number of anilines is 3. The minimum atomic E-state index is -0.0170. The fraction of sp³-hybridized carbons (Fsp3) is 0.389. The molecule has 2 aromatic rings. The number of nitrogens with zero attached hydrogens (tertiary/aromatic N) is 3. The van der Waals surface area contributed by atoms with Crippen molar-refractivity contribution in [2.45, 2.75) is 25.4 Å². The van der Waals surface area contributed by atoms with Gasteiger partial charge in [0, 0.05) is 44.5 Å². The van der Waals surface area contributed by atoms with E-state index in [1.54, 1.807) is 7.05 Å². The van der Waals surface area contributed by atoms with Crippen molar-refractivity contribution in [1.29, 1.82) is 0 Å². The van der Waals surface area contributed by atoms with Crippen LogP contribution in [0.25, 0.3) is 0 Å². The van der Waals surface area contributed by atoms with Gasteiger partial charge in [-0.3, -0.25) is 0 Å². The van der Waals surface area contributed by atoms with Gasteiger partial charge in [0.1, 0.15) is 18.0 Å². The van der Waals surface area contributed by atoms with Gasteiger partial charge in [0.15, 0.2) is 0 Å². The molecule has 0 unspecified atom stereocenters. The summed E-state index contributed by atoms with van der Waals surface area (Å²) in [6, 6.07) is 10.1. The minimum Gasteiger partial charge on any atom is -0.367 e. The number of hydrogen-bond acceptors (Lipinski definition) is 6. The van der Waals surface area contributed by atoms with Crippen LogP contribution in [0.4, 0.5) is 22.1 Å². The Labute approximate surface area is 153 Å². The molecule has 26 heavy (non-hydrogen) atoms. The molecule has 0 aliphatic carbocycles. The van der Waals surface area contributed by atoms with Crippen molar-refractivity contribution in [3.05, 3.63) is 42.2 Å². The van der Waals surface area contributed by atoms with E-state index in [1.807, 2.05) is 35.2 Å². The van der Waals surface area contributed by atoms with Crippen LogP contribution in [0.1, 0.15) is 18.4 Å². The second-order valence-corrected chi connectivity index (χ2v) is 6.28. The first-order valence-electron chi connectivity index (χ1n) is 8.79. The molecule has 5 N–H and O–H groups in total. The second-order valence-electron chi connectivity index (χ2n) is 6.28. The number of likely N-dealkylation sites (tertiary alicyclic amines) is 1. The molecular weight excluding hydrogens is 330 g/mol. The van der Waals surface area contributed by atoms with E-state index in [-0.39, 0.29) is 6.03 Å². The summed E-state index contributed by atoms with van der Waals surface area (Å²) in [7, 11) is 1.66. The van der Waals surface area contributed by atoms with Crippen LogP contribution in [0.5, 0.6) is 0 Å². The van der Waals surface area contributed by atoms with E-state index >= 15 is 0 Å². The zero-order valence-electron chi connectivity index (χ0n) is 14.9. The van der Waals surface area contributed by atoms with Gasteiger partial charge in [0.2, 0.25) is 0 Å². The van der Waals surface area contributed by atoms with Gasteiger partial charge in [-0.25, -0.2) is 14.8 Å². The van der Waals surface area contributed by atoms with Crippen LogP contribution in [-0.4, -0.2) is 47.1 Å². The summed E-state index contributed by atoms with van der Waals surface area (Å²) in [5.74, 6) is 1.50. The van der Waals surface area contributed by atoms with E-state index in [2.05, 4.69) is 25.9 Å². The first-order valence-corrected chi connectivity index (χ1v) is 8.79. The number of rotatable bonds is 5. The van der Waals surface area contributed by atoms with E-state index in [4.69, 9.17) is 5.73 Å². The highest BCUT2D eigenvalue weighted by molar-refractivity contribution is 5.73. The predicted molar refractivity (Wildman–Crippen MR) is 102 cm³/mol. The number of carbonyl (C=O) groups is 1. The van der Waals surface area contributed by atoms with Crippen molar-refractivity contribution in [1.82, 2.24) is 20.2 Å². The second kappa shape index (κ2) is 8.48. The number of aromatic nitrogens is 2. The smallest absolute Gasteiger partial charge is 0.317 e. The average molecular weight is 355 g/mol. The highest BCUT2D eigenvalue weighted by Crippen LogP contribution is 2.20. The van der Waals surface area contributed by atoms with Crippen molar-refractivity contribution in [3.8, 4) is 0 Å². The topological polar surface area (TPSA) is 108 Å². The van der Waals surface area contributed by atoms with Gasteiger partial charge in [0.05, 0.1) is 0 Å². The van der Waals surface area contributed by atoms with Gasteiger partial charge >= 0.3 is 6.03 Å². The zero-order valence-corrected chi connectivity index (χ0v) is 14.9. The van der Waals surface area contributed by atoms with Gasteiger partial charge < -0.3 is 26.6 Å². The fourth-order valence-electron chi connectivity index (χ4n) is 3.02. The van der Waals surface area contributed by atoms with Crippen LogP contribution in [0.15, 0.2) is 36.7 Å². The number of piperidine rings is 1. The van der Waals surface area contributed by atoms with Crippen molar-refractivity contribution in [2.24, 2.45) is 5.73 Å². The fourth-order valence-corrected chi connectivity index (χ4v) is 3.02. The van der Waals surface area contributed by atoms with Gasteiger partial charge in [-0.15, -0.1) is 0 Å². The van der Waals surface area contributed by atoms with E-state index in [1.165, 1.54) is 6.33 Å². The molecule has 8 heteroatoms. The SMILES string of the molecule is CNC(=O)N1CCC(Nc2cc(Nc3cccc(CN)c3)ncn2)CC1. The standard InChI is InChI=1S/C18H25N7O/c1-20-18(26)25-7-5-14(6-8-25)23-16-10-17(22-12-21-16)24-15-4-2-3-13(9-15)11-19/h2-4,9-10,12,14H,5-8,11,19H2,1H3,(H,20,26)(H2,21,22,23,24). The Hall–Kier alpha value is -2.87. The highest BCUT2D eigenvalue weighted by Gasteiger charge is 2.22. The van der Waals surface area contributed by atoms with Crippen LogP contribution in [0.2, 0.25) is 0 Å². The number of urea groups is 1. The largest absolute Gasteiger partial charge is 0.367 e. The van der Waals surface area contributed by atoms with Crippen molar-refractivity contribution in [2.75, 3.05) is 30.8 Å². The molecule has 1 aliphatic rings. The molecule has 0 radical (unpaired) electrons. The molecule has 1 aromatic heterocycles. The zero-order chi connectivity index (χ0) is 18.4. The Kier molecular flexibility index (Phi) is 5.85. The molecule has 8 nitrogen and oxygen atoms in total. The number of benzene rings is 1.